The zero-order chi connectivity index (χ0) is 15.0. The van der Waals surface area contributed by atoms with Gasteiger partial charge in [-0.2, -0.15) is 0 Å². The largest absolute Gasteiger partial charge is 0.0999 e. The van der Waals surface area contributed by atoms with E-state index in [1.165, 1.54) is 50.5 Å². The summed E-state index contributed by atoms with van der Waals surface area (Å²) in [5, 5.41) is 0. The van der Waals surface area contributed by atoms with Crippen molar-refractivity contribution in [1.29, 1.82) is 0 Å². The van der Waals surface area contributed by atoms with Crippen LogP contribution in [0, 0.1) is 41.4 Å². The van der Waals surface area contributed by atoms with Gasteiger partial charge in [-0.3, -0.25) is 0 Å². The van der Waals surface area contributed by atoms with E-state index in [-0.39, 0.29) is 0 Å². The second-order valence-electron chi connectivity index (χ2n) is 9.01. The van der Waals surface area contributed by atoms with Crippen LogP contribution in [0.25, 0.3) is 0 Å². The Morgan fingerprint density at radius 1 is 0.762 bits per heavy atom. The maximum Gasteiger partial charge on any atom is -0.0208 e. The van der Waals surface area contributed by atoms with E-state index >= 15 is 0 Å². The van der Waals surface area contributed by atoms with Crippen molar-refractivity contribution in [3.05, 3.63) is 12.2 Å². The van der Waals surface area contributed by atoms with Crippen LogP contribution >= 0.6 is 0 Å². The summed E-state index contributed by atoms with van der Waals surface area (Å²) in [4.78, 5) is 0. The molecule has 21 heavy (non-hydrogen) atoms. The highest BCUT2D eigenvalue weighted by Crippen LogP contribution is 2.51. The molecule has 0 radical (unpaired) electrons. The second-order valence-corrected chi connectivity index (χ2v) is 9.01. The van der Waals surface area contributed by atoms with Crippen molar-refractivity contribution < 1.29 is 0 Å². The molecule has 0 aromatic rings. The molecule has 0 saturated heterocycles. The Morgan fingerprint density at radius 3 is 2.10 bits per heavy atom. The summed E-state index contributed by atoms with van der Waals surface area (Å²) in [6.07, 6.45) is 13.5. The summed E-state index contributed by atoms with van der Waals surface area (Å²) in [6, 6.07) is 0. The maximum atomic E-state index is 4.19. The Balaban J connectivity index is 1.58. The van der Waals surface area contributed by atoms with Gasteiger partial charge >= 0.3 is 0 Å². The van der Waals surface area contributed by atoms with Crippen molar-refractivity contribution in [2.75, 3.05) is 0 Å². The van der Waals surface area contributed by atoms with Crippen molar-refractivity contribution in [2.45, 2.75) is 78.6 Å². The van der Waals surface area contributed by atoms with Crippen molar-refractivity contribution in [3.63, 3.8) is 0 Å². The van der Waals surface area contributed by atoms with Gasteiger partial charge < -0.3 is 0 Å². The third kappa shape index (κ3) is 3.40. The van der Waals surface area contributed by atoms with Gasteiger partial charge in [0.05, 0.1) is 0 Å². The third-order valence-corrected chi connectivity index (χ3v) is 7.46. The molecule has 0 spiro atoms. The fraction of sp³-hybridized carbons (Fsp3) is 0.905. The molecule has 5 unspecified atom stereocenters. The maximum absolute atomic E-state index is 4.19. The number of hydrogen-bond acceptors (Lipinski definition) is 0. The summed E-state index contributed by atoms with van der Waals surface area (Å²) in [5.41, 5.74) is 1.44. The van der Waals surface area contributed by atoms with Crippen LogP contribution < -0.4 is 0 Å². The lowest BCUT2D eigenvalue weighted by molar-refractivity contribution is 0.0267. The van der Waals surface area contributed by atoms with E-state index in [0.717, 1.165) is 41.4 Å². The van der Waals surface area contributed by atoms with E-state index in [4.69, 9.17) is 0 Å². The van der Waals surface area contributed by atoms with Crippen molar-refractivity contribution in [3.8, 4) is 0 Å². The first kappa shape index (κ1) is 15.6. The van der Waals surface area contributed by atoms with E-state index in [2.05, 4.69) is 27.4 Å². The highest BCUT2D eigenvalue weighted by molar-refractivity contribution is 4.99. The second kappa shape index (κ2) is 6.47. The van der Waals surface area contributed by atoms with Gasteiger partial charge in [0.25, 0.3) is 0 Å². The molecule has 0 heteroatoms. The van der Waals surface area contributed by atoms with Gasteiger partial charge in [0.1, 0.15) is 0 Å². The van der Waals surface area contributed by atoms with Crippen LogP contribution in [0.5, 0.6) is 0 Å². The average molecular weight is 289 g/mol. The minimum atomic E-state index is 0.837. The van der Waals surface area contributed by atoms with E-state index in [0.29, 0.717) is 0 Å². The van der Waals surface area contributed by atoms with Crippen LogP contribution in [-0.4, -0.2) is 0 Å². The highest BCUT2D eigenvalue weighted by Gasteiger charge is 2.41. The number of rotatable bonds is 2. The molecule has 120 valence electrons. The fourth-order valence-electron chi connectivity index (χ4n) is 6.09. The number of fused-ring (bicyclic) bond motifs is 1. The van der Waals surface area contributed by atoms with E-state index in [1.54, 1.807) is 12.8 Å². The molecule has 3 fully saturated rings. The normalized spacial score (nSPS) is 47.7. The van der Waals surface area contributed by atoms with E-state index in [1.807, 2.05) is 0 Å². The quantitative estimate of drug-likeness (QED) is 0.511. The molecule has 0 heterocycles. The average Bonchev–Trinajstić information content (AvgIpc) is 2.46. The molecule has 0 nitrogen and oxygen atoms in total. The van der Waals surface area contributed by atoms with Gasteiger partial charge in [0.15, 0.2) is 0 Å². The topological polar surface area (TPSA) is 0 Å². The minimum absolute atomic E-state index is 0.837. The van der Waals surface area contributed by atoms with Gasteiger partial charge in [-0.15, -0.1) is 0 Å². The molecule has 3 aliphatic carbocycles. The first-order chi connectivity index (χ1) is 10.0. The molecule has 0 amide bonds. The van der Waals surface area contributed by atoms with Crippen molar-refractivity contribution in [2.24, 2.45) is 41.4 Å². The van der Waals surface area contributed by atoms with Gasteiger partial charge in [0, 0.05) is 0 Å². The van der Waals surface area contributed by atoms with Gasteiger partial charge in [0.2, 0.25) is 0 Å². The molecular weight excluding hydrogens is 252 g/mol. The first-order valence-electron chi connectivity index (χ1n) is 9.70. The Hall–Kier alpha value is -0.260. The SMILES string of the molecule is C=C(C)C1CCC(C2CC3CCC(C)CC3CC2C)CC1. The molecule has 0 N–H and O–H groups in total. The highest BCUT2D eigenvalue weighted by atomic mass is 14.5. The van der Waals surface area contributed by atoms with Crippen LogP contribution in [0.4, 0.5) is 0 Å². The smallest absolute Gasteiger partial charge is 0.0208 e. The summed E-state index contributed by atoms with van der Waals surface area (Å²) < 4.78 is 0. The summed E-state index contributed by atoms with van der Waals surface area (Å²) in [5.74, 6) is 7.07. The van der Waals surface area contributed by atoms with Gasteiger partial charge in [-0.05, 0) is 99.7 Å². The number of hydrogen-bond donors (Lipinski definition) is 0. The van der Waals surface area contributed by atoms with E-state index < -0.39 is 0 Å². The summed E-state index contributed by atoms with van der Waals surface area (Å²) in [7, 11) is 0. The Bertz CT molecular complexity index is 360. The molecule has 0 aliphatic heterocycles. The molecule has 3 rings (SSSR count). The van der Waals surface area contributed by atoms with Crippen molar-refractivity contribution in [1.82, 2.24) is 0 Å². The lowest BCUT2D eigenvalue weighted by Crippen LogP contribution is -2.38. The Morgan fingerprint density at radius 2 is 1.43 bits per heavy atom. The van der Waals surface area contributed by atoms with Crippen molar-refractivity contribution >= 4 is 0 Å². The molecule has 3 saturated carbocycles. The molecule has 3 aliphatic rings. The first-order valence-corrected chi connectivity index (χ1v) is 9.70. The summed E-state index contributed by atoms with van der Waals surface area (Å²) >= 11 is 0. The van der Waals surface area contributed by atoms with Crippen LogP contribution in [0.1, 0.15) is 78.6 Å². The zero-order valence-electron chi connectivity index (χ0n) is 14.6. The molecule has 0 bridgehead atoms. The number of allylic oxidation sites excluding steroid dienone is 1. The van der Waals surface area contributed by atoms with Crippen LogP contribution in [0.15, 0.2) is 12.2 Å². The predicted molar refractivity (Wildman–Crippen MR) is 92.1 cm³/mol. The predicted octanol–water partition coefficient (Wildman–Crippen LogP) is 6.47. The van der Waals surface area contributed by atoms with Gasteiger partial charge in [-0.1, -0.05) is 32.4 Å². The monoisotopic (exact) mass is 288 g/mol. The summed E-state index contributed by atoms with van der Waals surface area (Å²) in [6.45, 7) is 11.5. The van der Waals surface area contributed by atoms with Gasteiger partial charge in [-0.25, -0.2) is 0 Å². The molecule has 0 aromatic heterocycles. The van der Waals surface area contributed by atoms with Crippen LogP contribution in [0.2, 0.25) is 0 Å². The fourth-order valence-corrected chi connectivity index (χ4v) is 6.09. The lowest BCUT2D eigenvalue weighted by atomic mass is 9.58. The van der Waals surface area contributed by atoms with Crippen LogP contribution in [0.3, 0.4) is 0 Å². The standard InChI is InChI=1S/C21H36/c1-14(2)17-7-9-18(10-8-17)21-13-19-6-5-15(3)11-20(19)12-16(21)4/h15-21H,1,5-13H2,2-4H3. The Labute approximate surface area is 132 Å². The van der Waals surface area contributed by atoms with Crippen LogP contribution in [-0.2, 0) is 0 Å². The minimum Gasteiger partial charge on any atom is -0.0999 e. The molecular formula is C21H36. The third-order valence-electron chi connectivity index (χ3n) is 7.46. The Kier molecular flexibility index (Phi) is 4.81. The lowest BCUT2D eigenvalue weighted by Gasteiger charge is -2.48. The molecule has 0 aromatic carbocycles. The van der Waals surface area contributed by atoms with E-state index in [9.17, 15) is 0 Å². The molecule has 5 atom stereocenters. The zero-order valence-corrected chi connectivity index (χ0v) is 14.6.